The first-order chi connectivity index (χ1) is 12.8. The smallest absolute Gasteiger partial charge is 0.451 e. The highest BCUT2D eigenvalue weighted by atomic mass is 32.2. The van der Waals surface area contributed by atoms with E-state index in [1.807, 2.05) is 0 Å². The van der Waals surface area contributed by atoms with Crippen LogP contribution in [0.5, 0.6) is 0 Å². The van der Waals surface area contributed by atoms with Gasteiger partial charge in [0.2, 0.25) is 16.9 Å². The number of rotatable bonds is 6. The fourth-order valence-electron chi connectivity index (χ4n) is 3.22. The van der Waals surface area contributed by atoms with Gasteiger partial charge in [-0.15, -0.1) is 5.10 Å². The van der Waals surface area contributed by atoms with Crippen molar-refractivity contribution >= 4 is 29.6 Å². The largest absolute Gasteiger partial charge is 0.481 e. The lowest BCUT2D eigenvalue weighted by Gasteiger charge is -2.39. The highest BCUT2D eigenvalue weighted by Gasteiger charge is 2.67. The Bertz CT molecular complexity index is 800. The van der Waals surface area contributed by atoms with Crippen LogP contribution >= 0.6 is 11.8 Å². The van der Waals surface area contributed by atoms with Crippen molar-refractivity contribution in [3.63, 3.8) is 0 Å². The molecule has 0 bridgehead atoms. The molecule has 11 nitrogen and oxygen atoms in total. The number of hydrogen-bond donors (Lipinski definition) is 6. The van der Waals surface area contributed by atoms with Crippen molar-refractivity contribution < 1.29 is 37.8 Å². The Morgan fingerprint density at radius 2 is 2.00 bits per heavy atom. The highest BCUT2D eigenvalue weighted by molar-refractivity contribution is 7.99. The Kier molecular flexibility index (Phi) is 5.64. The predicted octanol–water partition coefficient (Wildman–Crippen LogP) is -0.996. The highest BCUT2D eigenvalue weighted by Crippen LogP contribution is 2.49. The standard InChI is InChI=1S/C13H17F3N6O5S/c1-11(18)6(7(24)25)4(2-12(11,9(26)27)20-5(23)3-17)28-10-19-8(21-22-10)13(14,15)16/h4,6H,2-3,17-18H2,1H3,(H,20,23)(H,24,25)(H,26,27)(H,19,21,22)/t4-,6-,11-,12-/m1/s1. The quantitative estimate of drug-likeness (QED) is 0.328. The number of carbonyl (C=O) groups is 3. The van der Waals surface area contributed by atoms with E-state index in [9.17, 15) is 37.8 Å². The number of nitrogens with one attached hydrogen (secondary N) is 2. The minimum Gasteiger partial charge on any atom is -0.481 e. The summed E-state index contributed by atoms with van der Waals surface area (Å²) in [5, 5.41) is 24.9. The van der Waals surface area contributed by atoms with Gasteiger partial charge < -0.3 is 27.0 Å². The molecule has 1 aliphatic carbocycles. The second-order valence-electron chi connectivity index (χ2n) is 6.39. The summed E-state index contributed by atoms with van der Waals surface area (Å²) in [6.45, 7) is 0.562. The second kappa shape index (κ2) is 7.21. The van der Waals surface area contributed by atoms with Crippen LogP contribution in [0.1, 0.15) is 19.2 Å². The topological polar surface area (TPSA) is 197 Å². The number of carbonyl (C=O) groups excluding carboxylic acids is 1. The molecule has 4 atom stereocenters. The van der Waals surface area contributed by atoms with Crippen LogP contribution < -0.4 is 16.8 Å². The van der Waals surface area contributed by atoms with E-state index < -0.39 is 70.2 Å². The molecule has 2 rings (SSSR count). The summed E-state index contributed by atoms with van der Waals surface area (Å²) in [5.74, 6) is -6.92. The van der Waals surface area contributed by atoms with E-state index in [1.54, 1.807) is 5.10 Å². The number of aromatic nitrogens is 3. The zero-order valence-electron chi connectivity index (χ0n) is 14.3. The Balaban J connectivity index is 2.44. The van der Waals surface area contributed by atoms with Crippen molar-refractivity contribution in [1.82, 2.24) is 20.5 Å². The van der Waals surface area contributed by atoms with Crippen molar-refractivity contribution in [2.24, 2.45) is 17.4 Å². The summed E-state index contributed by atoms with van der Waals surface area (Å²) in [6.07, 6.45) is -5.30. The van der Waals surface area contributed by atoms with E-state index in [2.05, 4.69) is 15.4 Å². The molecule has 0 radical (unpaired) electrons. The number of aromatic amines is 1. The van der Waals surface area contributed by atoms with Gasteiger partial charge >= 0.3 is 18.1 Å². The molecule has 15 heteroatoms. The van der Waals surface area contributed by atoms with Crippen molar-refractivity contribution in [1.29, 1.82) is 0 Å². The van der Waals surface area contributed by atoms with Crippen LogP contribution in [0, 0.1) is 5.92 Å². The van der Waals surface area contributed by atoms with Crippen molar-refractivity contribution in [2.75, 3.05) is 6.54 Å². The number of carboxylic acid groups (broad SMARTS) is 2. The monoisotopic (exact) mass is 426 g/mol. The number of thioether (sulfide) groups is 1. The molecule has 1 amide bonds. The normalized spacial score (nSPS) is 30.2. The first-order valence-electron chi connectivity index (χ1n) is 7.68. The lowest BCUT2D eigenvalue weighted by Crippen LogP contribution is -2.71. The van der Waals surface area contributed by atoms with Gasteiger partial charge in [-0.1, -0.05) is 11.8 Å². The Labute approximate surface area is 159 Å². The molecule has 1 saturated carbocycles. The summed E-state index contributed by atoms with van der Waals surface area (Å²) in [5.41, 5.74) is 7.04. The molecular weight excluding hydrogens is 409 g/mol. The van der Waals surface area contributed by atoms with Gasteiger partial charge in [-0.2, -0.15) is 18.2 Å². The van der Waals surface area contributed by atoms with Crippen LogP contribution in [0.4, 0.5) is 13.2 Å². The summed E-state index contributed by atoms with van der Waals surface area (Å²) >= 11 is 0.521. The summed E-state index contributed by atoms with van der Waals surface area (Å²) in [6, 6.07) is 0. The van der Waals surface area contributed by atoms with Crippen LogP contribution in [-0.4, -0.2) is 66.1 Å². The van der Waals surface area contributed by atoms with Crippen molar-refractivity contribution in [2.45, 2.75) is 41.0 Å². The minimum atomic E-state index is -4.80. The molecule has 1 aromatic rings. The number of nitrogens with zero attached hydrogens (tertiary/aromatic N) is 2. The van der Waals surface area contributed by atoms with Crippen molar-refractivity contribution in [3.05, 3.63) is 5.82 Å². The molecular formula is C13H17F3N6O5S. The fraction of sp³-hybridized carbons (Fsp3) is 0.615. The van der Waals surface area contributed by atoms with E-state index in [4.69, 9.17) is 11.5 Å². The minimum absolute atomic E-state index is 0.439. The maximum Gasteiger partial charge on any atom is 0.451 e. The Hall–Kier alpha value is -2.39. The number of aliphatic carboxylic acids is 2. The Morgan fingerprint density at radius 1 is 1.39 bits per heavy atom. The van der Waals surface area contributed by atoms with E-state index in [0.29, 0.717) is 11.8 Å². The molecule has 28 heavy (non-hydrogen) atoms. The maximum atomic E-state index is 12.7. The van der Waals surface area contributed by atoms with Gasteiger partial charge in [0.1, 0.15) is 0 Å². The molecule has 1 aromatic heterocycles. The lowest BCUT2D eigenvalue weighted by molar-refractivity contribution is -0.152. The average Bonchev–Trinajstić information content (AvgIpc) is 3.09. The Morgan fingerprint density at radius 3 is 2.43 bits per heavy atom. The van der Waals surface area contributed by atoms with Crippen LogP contribution in [0.15, 0.2) is 5.16 Å². The number of halogens is 3. The summed E-state index contributed by atoms with van der Waals surface area (Å²) in [4.78, 5) is 38.8. The fourth-order valence-corrected chi connectivity index (χ4v) is 4.61. The van der Waals surface area contributed by atoms with Gasteiger partial charge in [0.05, 0.1) is 18.0 Å². The van der Waals surface area contributed by atoms with E-state index in [1.165, 1.54) is 0 Å². The number of hydrogen-bond acceptors (Lipinski definition) is 8. The predicted molar refractivity (Wildman–Crippen MR) is 86.9 cm³/mol. The SMILES string of the molecule is C[C@@]1(N)[C@@H](C(=O)O)[C@H](Sc2n[nH]c(C(F)(F)F)n2)C[C@@]1(NC(=O)CN)C(=O)O. The van der Waals surface area contributed by atoms with Crippen molar-refractivity contribution in [3.8, 4) is 0 Å². The van der Waals surface area contributed by atoms with Gasteiger partial charge in [-0.25, -0.2) is 4.79 Å². The van der Waals surface area contributed by atoms with Gasteiger partial charge in [0.25, 0.3) is 0 Å². The molecule has 1 aliphatic rings. The molecule has 0 aromatic carbocycles. The summed E-state index contributed by atoms with van der Waals surface area (Å²) < 4.78 is 38.0. The van der Waals surface area contributed by atoms with E-state index in [0.717, 1.165) is 6.92 Å². The molecule has 0 unspecified atom stereocenters. The van der Waals surface area contributed by atoms with E-state index in [-0.39, 0.29) is 0 Å². The first-order valence-corrected chi connectivity index (χ1v) is 8.56. The van der Waals surface area contributed by atoms with Gasteiger partial charge in [-0.3, -0.25) is 14.7 Å². The van der Waals surface area contributed by atoms with Crippen LogP contribution in [0.3, 0.4) is 0 Å². The average molecular weight is 426 g/mol. The summed E-state index contributed by atoms with van der Waals surface area (Å²) in [7, 11) is 0. The molecule has 156 valence electrons. The maximum absolute atomic E-state index is 12.7. The second-order valence-corrected chi connectivity index (χ2v) is 7.59. The molecule has 0 aliphatic heterocycles. The van der Waals surface area contributed by atoms with Gasteiger partial charge in [0.15, 0.2) is 5.54 Å². The number of alkyl halides is 3. The zero-order chi connectivity index (χ0) is 21.5. The molecule has 1 fully saturated rings. The van der Waals surface area contributed by atoms with Gasteiger partial charge in [-0.05, 0) is 13.3 Å². The number of amides is 1. The molecule has 0 spiro atoms. The number of carboxylic acids is 2. The lowest BCUT2D eigenvalue weighted by atomic mass is 9.77. The number of nitrogens with two attached hydrogens (primary N) is 2. The first kappa shape index (κ1) is 21.9. The molecule has 1 heterocycles. The molecule has 0 saturated heterocycles. The molecule has 8 N–H and O–H groups in total. The van der Waals surface area contributed by atoms with Crippen LogP contribution in [-0.2, 0) is 20.6 Å². The third-order valence-corrected chi connectivity index (χ3v) is 5.74. The number of H-pyrrole nitrogens is 1. The van der Waals surface area contributed by atoms with Gasteiger partial charge in [0, 0.05) is 5.25 Å². The third kappa shape index (κ3) is 3.64. The zero-order valence-corrected chi connectivity index (χ0v) is 15.1. The van der Waals surface area contributed by atoms with Crippen LogP contribution in [0.25, 0.3) is 0 Å². The van der Waals surface area contributed by atoms with Crippen LogP contribution in [0.2, 0.25) is 0 Å². The van der Waals surface area contributed by atoms with E-state index >= 15 is 0 Å². The third-order valence-electron chi connectivity index (χ3n) is 4.60.